The highest BCUT2D eigenvalue weighted by Crippen LogP contribution is 2.34. The topological polar surface area (TPSA) is 75.4 Å². The van der Waals surface area contributed by atoms with Crippen LogP contribution in [0.4, 0.5) is 0 Å². The lowest BCUT2D eigenvalue weighted by Crippen LogP contribution is -2.60. The molecular weight excluding hydrogens is 278 g/mol. The number of nitrogens with one attached hydrogen (secondary N) is 1. The minimum absolute atomic E-state index is 0.0322. The maximum Gasteiger partial charge on any atom is 0.243 e. The summed E-state index contributed by atoms with van der Waals surface area (Å²) >= 11 is 0. The van der Waals surface area contributed by atoms with E-state index in [2.05, 4.69) is 5.32 Å². The Morgan fingerprint density at radius 2 is 2.05 bits per heavy atom. The summed E-state index contributed by atoms with van der Waals surface area (Å²) in [5.41, 5.74) is 5.92. The van der Waals surface area contributed by atoms with Crippen LogP contribution >= 0.6 is 0 Å². The van der Waals surface area contributed by atoms with E-state index in [0.29, 0.717) is 19.4 Å². The van der Waals surface area contributed by atoms with Gasteiger partial charge in [-0.05, 0) is 37.8 Å². The molecule has 2 aliphatic heterocycles. The number of amides is 2. The van der Waals surface area contributed by atoms with Gasteiger partial charge in [0.25, 0.3) is 0 Å². The van der Waals surface area contributed by atoms with Crippen LogP contribution in [0.25, 0.3) is 0 Å². The maximum atomic E-state index is 12.8. The number of carbonyl (C=O) groups excluding carboxylic acids is 2. The SMILES string of the molecule is NC(=O)C1(Cc2ccccc2)CCCN1C(=O)C1CCCN1. The Morgan fingerprint density at radius 3 is 2.68 bits per heavy atom. The normalized spacial score (nSPS) is 28.0. The van der Waals surface area contributed by atoms with Gasteiger partial charge in [-0.25, -0.2) is 0 Å². The fourth-order valence-corrected chi connectivity index (χ4v) is 3.74. The van der Waals surface area contributed by atoms with Crippen LogP contribution < -0.4 is 11.1 Å². The number of carbonyl (C=O) groups is 2. The third kappa shape index (κ3) is 2.61. The number of primary amides is 1. The van der Waals surface area contributed by atoms with Gasteiger partial charge in [-0.3, -0.25) is 9.59 Å². The summed E-state index contributed by atoms with van der Waals surface area (Å²) < 4.78 is 0. The second-order valence-corrected chi connectivity index (χ2v) is 6.30. The number of likely N-dealkylation sites (tertiary alicyclic amines) is 1. The van der Waals surface area contributed by atoms with Gasteiger partial charge >= 0.3 is 0 Å². The lowest BCUT2D eigenvalue weighted by atomic mass is 9.87. The Bertz CT molecular complexity index is 554. The molecule has 2 aliphatic rings. The molecule has 0 spiro atoms. The van der Waals surface area contributed by atoms with Crippen LogP contribution in [0.5, 0.6) is 0 Å². The van der Waals surface area contributed by atoms with Crippen LogP contribution in [0.1, 0.15) is 31.2 Å². The van der Waals surface area contributed by atoms with E-state index in [0.717, 1.165) is 31.4 Å². The standard InChI is InChI=1S/C17H23N3O2/c18-16(22)17(12-13-6-2-1-3-7-13)9-5-11-20(17)15(21)14-8-4-10-19-14/h1-3,6-7,14,19H,4-5,8-12H2,(H2,18,22). The monoisotopic (exact) mass is 301 g/mol. The predicted octanol–water partition coefficient (Wildman–Crippen LogP) is 0.828. The summed E-state index contributed by atoms with van der Waals surface area (Å²) in [6, 6.07) is 9.65. The molecule has 2 atom stereocenters. The number of hydrogen-bond acceptors (Lipinski definition) is 3. The van der Waals surface area contributed by atoms with Gasteiger partial charge in [-0.1, -0.05) is 30.3 Å². The van der Waals surface area contributed by atoms with Crippen molar-refractivity contribution >= 4 is 11.8 Å². The van der Waals surface area contributed by atoms with Crippen LogP contribution in [-0.2, 0) is 16.0 Å². The summed E-state index contributed by atoms with van der Waals surface area (Å²) in [6.45, 7) is 1.49. The van der Waals surface area contributed by atoms with Crippen LogP contribution in [0.15, 0.2) is 30.3 Å². The fraction of sp³-hybridized carbons (Fsp3) is 0.529. The lowest BCUT2D eigenvalue weighted by Gasteiger charge is -2.37. The zero-order valence-corrected chi connectivity index (χ0v) is 12.8. The zero-order valence-electron chi connectivity index (χ0n) is 12.8. The molecule has 0 aliphatic carbocycles. The van der Waals surface area contributed by atoms with Crippen LogP contribution in [0, 0.1) is 0 Å². The molecule has 2 saturated heterocycles. The van der Waals surface area contributed by atoms with E-state index < -0.39 is 5.54 Å². The van der Waals surface area contributed by atoms with Crippen molar-refractivity contribution in [1.82, 2.24) is 10.2 Å². The molecule has 0 saturated carbocycles. The van der Waals surface area contributed by atoms with Gasteiger partial charge in [0.05, 0.1) is 6.04 Å². The third-order valence-electron chi connectivity index (χ3n) is 4.91. The van der Waals surface area contributed by atoms with Crippen molar-refractivity contribution in [3.05, 3.63) is 35.9 Å². The number of nitrogens with two attached hydrogens (primary N) is 1. The predicted molar refractivity (Wildman–Crippen MR) is 84.0 cm³/mol. The average Bonchev–Trinajstić information content (AvgIpc) is 3.18. The van der Waals surface area contributed by atoms with E-state index in [4.69, 9.17) is 5.73 Å². The summed E-state index contributed by atoms with van der Waals surface area (Å²) in [5, 5.41) is 3.23. The van der Waals surface area contributed by atoms with E-state index in [1.165, 1.54) is 0 Å². The zero-order chi connectivity index (χ0) is 15.6. The van der Waals surface area contributed by atoms with E-state index >= 15 is 0 Å². The summed E-state index contributed by atoms with van der Waals surface area (Å²) in [7, 11) is 0. The Morgan fingerprint density at radius 1 is 1.27 bits per heavy atom. The van der Waals surface area contributed by atoms with Crippen molar-refractivity contribution < 1.29 is 9.59 Å². The first kappa shape index (κ1) is 15.0. The molecule has 1 aromatic carbocycles. The number of nitrogens with zero attached hydrogens (tertiary/aromatic N) is 1. The fourth-order valence-electron chi connectivity index (χ4n) is 3.74. The largest absolute Gasteiger partial charge is 0.368 e. The highest BCUT2D eigenvalue weighted by molar-refractivity contribution is 5.93. The Labute approximate surface area is 130 Å². The first-order chi connectivity index (χ1) is 10.6. The molecule has 3 rings (SSSR count). The highest BCUT2D eigenvalue weighted by atomic mass is 16.2. The molecule has 0 bridgehead atoms. The molecule has 2 heterocycles. The van der Waals surface area contributed by atoms with E-state index in [-0.39, 0.29) is 17.9 Å². The van der Waals surface area contributed by atoms with Gasteiger partial charge in [0.2, 0.25) is 11.8 Å². The minimum atomic E-state index is -0.872. The van der Waals surface area contributed by atoms with Crippen LogP contribution in [-0.4, -0.2) is 41.4 Å². The van der Waals surface area contributed by atoms with Gasteiger partial charge in [0.1, 0.15) is 5.54 Å². The molecule has 2 amide bonds. The van der Waals surface area contributed by atoms with Crippen LogP contribution in [0.2, 0.25) is 0 Å². The smallest absolute Gasteiger partial charge is 0.243 e. The van der Waals surface area contributed by atoms with Gasteiger partial charge in [0.15, 0.2) is 0 Å². The molecule has 1 aromatic rings. The molecule has 0 aromatic heterocycles. The number of rotatable bonds is 4. The molecular formula is C17H23N3O2. The van der Waals surface area contributed by atoms with Gasteiger partial charge in [-0.15, -0.1) is 0 Å². The number of benzene rings is 1. The van der Waals surface area contributed by atoms with Crippen molar-refractivity contribution in [2.24, 2.45) is 5.73 Å². The van der Waals surface area contributed by atoms with Gasteiger partial charge in [-0.2, -0.15) is 0 Å². The lowest BCUT2D eigenvalue weighted by molar-refractivity contribution is -0.144. The van der Waals surface area contributed by atoms with Crippen molar-refractivity contribution in [3.8, 4) is 0 Å². The summed E-state index contributed by atoms with van der Waals surface area (Å²) in [5.74, 6) is -0.357. The molecule has 2 fully saturated rings. The molecule has 118 valence electrons. The van der Waals surface area contributed by atoms with Crippen molar-refractivity contribution in [1.29, 1.82) is 0 Å². The molecule has 2 unspecified atom stereocenters. The molecule has 5 nitrogen and oxygen atoms in total. The molecule has 5 heteroatoms. The Balaban J connectivity index is 1.87. The van der Waals surface area contributed by atoms with Crippen molar-refractivity contribution in [3.63, 3.8) is 0 Å². The molecule has 3 N–H and O–H groups in total. The first-order valence-corrected chi connectivity index (χ1v) is 8.02. The Kier molecular flexibility index (Phi) is 4.16. The van der Waals surface area contributed by atoms with Crippen molar-refractivity contribution in [2.45, 2.75) is 43.7 Å². The second kappa shape index (κ2) is 6.08. The van der Waals surface area contributed by atoms with E-state index in [9.17, 15) is 9.59 Å². The third-order valence-corrected chi connectivity index (χ3v) is 4.91. The van der Waals surface area contributed by atoms with Gasteiger partial charge < -0.3 is 16.0 Å². The first-order valence-electron chi connectivity index (χ1n) is 8.02. The summed E-state index contributed by atoms with van der Waals surface area (Å²) in [6.07, 6.45) is 3.83. The summed E-state index contributed by atoms with van der Waals surface area (Å²) in [4.78, 5) is 26.8. The van der Waals surface area contributed by atoms with Crippen molar-refractivity contribution in [2.75, 3.05) is 13.1 Å². The second-order valence-electron chi connectivity index (χ2n) is 6.30. The molecule has 22 heavy (non-hydrogen) atoms. The van der Waals surface area contributed by atoms with E-state index in [1.54, 1.807) is 4.90 Å². The van der Waals surface area contributed by atoms with E-state index in [1.807, 2.05) is 30.3 Å². The maximum absolute atomic E-state index is 12.8. The Hall–Kier alpha value is -1.88. The van der Waals surface area contributed by atoms with Crippen LogP contribution in [0.3, 0.4) is 0 Å². The van der Waals surface area contributed by atoms with Gasteiger partial charge in [0, 0.05) is 13.0 Å². The highest BCUT2D eigenvalue weighted by Gasteiger charge is 2.49. The minimum Gasteiger partial charge on any atom is -0.368 e. The number of hydrogen-bond donors (Lipinski definition) is 2. The molecule has 0 radical (unpaired) electrons. The quantitative estimate of drug-likeness (QED) is 0.865. The average molecular weight is 301 g/mol.